The second-order valence-corrected chi connectivity index (χ2v) is 15.1. The summed E-state index contributed by atoms with van der Waals surface area (Å²) < 4.78 is 11.2. The number of amides is 2. The number of nitrogens with one attached hydrogen (secondary N) is 2. The van der Waals surface area contributed by atoms with Gasteiger partial charge in [-0.05, 0) is 96.0 Å². The van der Waals surface area contributed by atoms with E-state index in [1.807, 2.05) is 52.6 Å². The molecule has 0 radical (unpaired) electrons. The predicted molar refractivity (Wildman–Crippen MR) is 177 cm³/mol. The lowest BCUT2D eigenvalue weighted by Gasteiger charge is -2.33. The van der Waals surface area contributed by atoms with Crippen LogP contribution in [0.3, 0.4) is 0 Å². The van der Waals surface area contributed by atoms with Crippen LogP contribution >= 0.6 is 0 Å². The number of aromatic amines is 2. The van der Waals surface area contributed by atoms with E-state index in [4.69, 9.17) is 19.4 Å². The lowest BCUT2D eigenvalue weighted by atomic mass is 9.95. The van der Waals surface area contributed by atoms with Crippen LogP contribution in [-0.2, 0) is 14.9 Å². The normalized spacial score (nSPS) is 23.0. The SMILES string of the molecule is CC(C)(C)OC(=O)N1CCC(c2nc3ccc(-c4ccc(-c5cnc(C67CCCN(C(=O)OC(C)(C)C)C6C7)[nH]5)cc4)cc3[nH]2)C1. The van der Waals surface area contributed by atoms with Crippen molar-refractivity contribution < 1.29 is 19.1 Å². The van der Waals surface area contributed by atoms with Crippen molar-refractivity contribution in [3.05, 3.63) is 60.3 Å². The van der Waals surface area contributed by atoms with Gasteiger partial charge in [-0.1, -0.05) is 30.3 Å². The molecule has 0 bridgehead atoms. The van der Waals surface area contributed by atoms with Gasteiger partial charge in [-0.3, -0.25) is 0 Å². The lowest BCUT2D eigenvalue weighted by molar-refractivity contribution is 0.0180. The molecule has 10 nitrogen and oxygen atoms in total. The molecule has 4 heterocycles. The van der Waals surface area contributed by atoms with Crippen molar-refractivity contribution in [2.75, 3.05) is 19.6 Å². The number of carbonyl (C=O) groups excluding carboxylic acids is 2. The first-order chi connectivity index (χ1) is 21.8. The molecule has 2 amide bonds. The zero-order chi connectivity index (χ0) is 32.4. The monoisotopic (exact) mass is 624 g/mol. The van der Waals surface area contributed by atoms with Gasteiger partial charge in [0.1, 0.15) is 22.9 Å². The van der Waals surface area contributed by atoms with Crippen LogP contribution in [0.4, 0.5) is 9.59 Å². The summed E-state index contributed by atoms with van der Waals surface area (Å²) in [6, 6.07) is 14.9. The van der Waals surface area contributed by atoms with E-state index in [9.17, 15) is 9.59 Å². The van der Waals surface area contributed by atoms with E-state index in [0.29, 0.717) is 13.1 Å². The van der Waals surface area contributed by atoms with Crippen LogP contribution in [0.2, 0.25) is 0 Å². The highest BCUT2D eigenvalue weighted by Crippen LogP contribution is 2.56. The molecule has 3 unspecified atom stereocenters. The van der Waals surface area contributed by atoms with Gasteiger partial charge in [-0.2, -0.15) is 0 Å². The van der Waals surface area contributed by atoms with Crippen LogP contribution in [0.25, 0.3) is 33.4 Å². The van der Waals surface area contributed by atoms with E-state index < -0.39 is 11.2 Å². The molecule has 2 N–H and O–H groups in total. The number of fused-ring (bicyclic) bond motifs is 2. The van der Waals surface area contributed by atoms with Crippen LogP contribution in [0.1, 0.15) is 84.8 Å². The lowest BCUT2D eigenvalue weighted by Crippen LogP contribution is -2.44. The number of imidazole rings is 2. The fourth-order valence-electron chi connectivity index (χ4n) is 7.04. The van der Waals surface area contributed by atoms with Gasteiger partial charge in [0.2, 0.25) is 0 Å². The summed E-state index contributed by atoms with van der Waals surface area (Å²) in [4.78, 5) is 45.8. The Labute approximate surface area is 269 Å². The molecule has 3 aliphatic rings. The summed E-state index contributed by atoms with van der Waals surface area (Å²) >= 11 is 0. The number of aromatic nitrogens is 4. The second kappa shape index (κ2) is 10.9. The van der Waals surface area contributed by atoms with Gasteiger partial charge >= 0.3 is 12.2 Å². The molecular formula is C36H44N6O4. The van der Waals surface area contributed by atoms with Gasteiger partial charge in [-0.15, -0.1) is 0 Å². The maximum absolute atomic E-state index is 12.9. The number of hydrogen-bond acceptors (Lipinski definition) is 6. The van der Waals surface area contributed by atoms with Crippen LogP contribution in [-0.4, -0.2) is 78.8 Å². The highest BCUT2D eigenvalue weighted by Gasteiger charge is 2.63. The average molecular weight is 625 g/mol. The number of nitrogens with zero attached hydrogens (tertiary/aromatic N) is 4. The first-order valence-electron chi connectivity index (χ1n) is 16.4. The summed E-state index contributed by atoms with van der Waals surface area (Å²) in [5.41, 5.74) is 5.03. The molecule has 2 aromatic carbocycles. The number of hydrogen-bond donors (Lipinski definition) is 2. The molecule has 3 fully saturated rings. The van der Waals surface area contributed by atoms with E-state index in [-0.39, 0.29) is 29.6 Å². The first kappa shape index (κ1) is 30.3. The predicted octanol–water partition coefficient (Wildman–Crippen LogP) is 7.39. The maximum Gasteiger partial charge on any atom is 0.410 e. The van der Waals surface area contributed by atoms with Crippen molar-refractivity contribution in [2.24, 2.45) is 0 Å². The van der Waals surface area contributed by atoms with Crippen molar-refractivity contribution in [1.29, 1.82) is 0 Å². The van der Waals surface area contributed by atoms with E-state index >= 15 is 0 Å². The third-order valence-corrected chi connectivity index (χ3v) is 9.36. The molecule has 2 aromatic heterocycles. The van der Waals surface area contributed by atoms with Crippen molar-refractivity contribution >= 4 is 23.2 Å². The van der Waals surface area contributed by atoms with Crippen LogP contribution in [0.5, 0.6) is 0 Å². The highest BCUT2D eigenvalue weighted by atomic mass is 16.6. The third-order valence-electron chi connectivity index (χ3n) is 9.36. The number of ether oxygens (including phenoxy) is 2. The molecule has 2 saturated heterocycles. The van der Waals surface area contributed by atoms with Crippen LogP contribution < -0.4 is 0 Å². The van der Waals surface area contributed by atoms with E-state index in [1.54, 1.807) is 4.90 Å². The van der Waals surface area contributed by atoms with E-state index in [1.165, 1.54) is 0 Å². The fourth-order valence-corrected chi connectivity index (χ4v) is 7.04. The minimum atomic E-state index is -0.508. The Morgan fingerprint density at radius 3 is 2.33 bits per heavy atom. The summed E-state index contributed by atoms with van der Waals surface area (Å²) in [6.07, 6.45) is 5.14. The number of piperidine rings is 1. The standard InChI is InChI=1S/C36H44N6O4/c1-34(2,3)45-32(43)41-17-14-25(21-41)30-38-26-13-12-24(18-27(26)39-30)22-8-10-23(11-9-22)28-20-37-31(40-28)36-15-7-16-42(29(36)19-36)33(44)46-35(4,5)6/h8-13,18,20,25,29H,7,14-17,19,21H2,1-6H3,(H,37,40)(H,38,39). The van der Waals surface area contributed by atoms with Gasteiger partial charge in [0.05, 0.1) is 28.3 Å². The number of benzene rings is 2. The van der Waals surface area contributed by atoms with Gasteiger partial charge < -0.3 is 29.2 Å². The molecule has 46 heavy (non-hydrogen) atoms. The van der Waals surface area contributed by atoms with Crippen molar-refractivity contribution in [3.63, 3.8) is 0 Å². The molecule has 10 heteroatoms. The quantitative estimate of drug-likeness (QED) is 0.245. The Balaban J connectivity index is 1.03. The molecular weight excluding hydrogens is 580 g/mol. The number of H-pyrrole nitrogens is 2. The second-order valence-electron chi connectivity index (χ2n) is 15.1. The number of likely N-dealkylation sites (tertiary alicyclic amines) is 2. The van der Waals surface area contributed by atoms with Gasteiger partial charge in [0, 0.05) is 31.6 Å². The molecule has 1 saturated carbocycles. The zero-order valence-electron chi connectivity index (χ0n) is 27.6. The van der Waals surface area contributed by atoms with Gasteiger partial charge in [-0.25, -0.2) is 19.6 Å². The van der Waals surface area contributed by atoms with Crippen LogP contribution in [0.15, 0.2) is 48.7 Å². The molecule has 2 aliphatic heterocycles. The van der Waals surface area contributed by atoms with Gasteiger partial charge in [0.25, 0.3) is 0 Å². The number of carbonyl (C=O) groups is 2. The third kappa shape index (κ3) is 5.85. The Morgan fingerprint density at radius 1 is 0.891 bits per heavy atom. The molecule has 3 atom stereocenters. The molecule has 4 aromatic rings. The smallest absolute Gasteiger partial charge is 0.410 e. The number of rotatable bonds is 4. The summed E-state index contributed by atoms with van der Waals surface area (Å²) in [5, 5.41) is 0. The van der Waals surface area contributed by atoms with Crippen molar-refractivity contribution in [1.82, 2.24) is 29.7 Å². The summed E-state index contributed by atoms with van der Waals surface area (Å²) in [5.74, 6) is 2.02. The minimum absolute atomic E-state index is 0.113. The Bertz CT molecular complexity index is 1780. The van der Waals surface area contributed by atoms with Crippen LogP contribution in [0, 0.1) is 0 Å². The van der Waals surface area contributed by atoms with E-state index in [0.717, 1.165) is 77.3 Å². The fraction of sp³-hybridized carbons (Fsp3) is 0.500. The minimum Gasteiger partial charge on any atom is -0.444 e. The summed E-state index contributed by atoms with van der Waals surface area (Å²) in [7, 11) is 0. The zero-order valence-corrected chi connectivity index (χ0v) is 27.6. The topological polar surface area (TPSA) is 116 Å². The van der Waals surface area contributed by atoms with Gasteiger partial charge in [0.15, 0.2) is 0 Å². The molecule has 0 spiro atoms. The Kier molecular flexibility index (Phi) is 7.17. The Hall–Kier alpha value is -4.34. The molecule has 7 rings (SSSR count). The van der Waals surface area contributed by atoms with Crippen molar-refractivity contribution in [2.45, 2.75) is 95.8 Å². The summed E-state index contributed by atoms with van der Waals surface area (Å²) in [6.45, 7) is 13.4. The van der Waals surface area contributed by atoms with E-state index in [2.05, 4.69) is 52.4 Å². The largest absolute Gasteiger partial charge is 0.444 e. The van der Waals surface area contributed by atoms with Crippen molar-refractivity contribution in [3.8, 4) is 22.4 Å². The Morgan fingerprint density at radius 2 is 1.59 bits per heavy atom. The first-order valence-corrected chi connectivity index (χ1v) is 16.4. The highest BCUT2D eigenvalue weighted by molar-refractivity contribution is 5.82. The molecule has 242 valence electrons. The average Bonchev–Trinajstić information content (AvgIpc) is 3.39. The maximum atomic E-state index is 12.9. The molecule has 1 aliphatic carbocycles.